The number of nitrogens with zero attached hydrogens (tertiary/aromatic N) is 1. The molecule has 1 fully saturated rings. The Bertz CT molecular complexity index is 1070. The van der Waals surface area contributed by atoms with E-state index in [0.717, 1.165) is 4.90 Å². The predicted octanol–water partition coefficient (Wildman–Crippen LogP) is 1.50. The Kier molecular flexibility index (Phi) is 1.14. The van der Waals surface area contributed by atoms with E-state index in [1.54, 1.807) is 0 Å². The smallest absolute Gasteiger partial charge is 0.211 e. The predicted molar refractivity (Wildman–Crippen MR) is 82.5 cm³/mol. The van der Waals surface area contributed by atoms with Crippen LogP contribution in [0.15, 0.2) is 24.2 Å². The Balaban J connectivity index is 1.85. The third-order valence-electron chi connectivity index (χ3n) is 5.41. The van der Waals surface area contributed by atoms with Gasteiger partial charge in [-0.2, -0.15) is 0 Å². The number of rotatable bonds is 2. The van der Waals surface area contributed by atoms with Gasteiger partial charge in [0.2, 0.25) is 1.43 Å². The molecule has 2 bridgehead atoms. The van der Waals surface area contributed by atoms with Crippen molar-refractivity contribution in [2.45, 2.75) is 36.5 Å². The molecular formula is C18H21NO3. The first-order chi connectivity index (χ1) is 15.1. The zero-order valence-electron chi connectivity index (χ0n) is 22.6. The Morgan fingerprint density at radius 3 is 3.45 bits per heavy atom. The molecule has 2 aliphatic carbocycles. The lowest BCUT2D eigenvalue weighted by Crippen LogP contribution is -2.64. The average Bonchev–Trinajstić information content (AvgIpc) is 3.02. The number of methoxy groups -OCH3 is 1. The van der Waals surface area contributed by atoms with Crippen LogP contribution < -0.4 is 9.47 Å². The molecule has 0 amide bonds. The number of hydrogen-bond donors (Lipinski definition) is 1. The minimum atomic E-state index is -2.94. The van der Waals surface area contributed by atoms with E-state index in [-0.39, 0.29) is 36.7 Å². The molecule has 5 atom stereocenters. The third kappa shape index (κ3) is 1.28. The molecule has 0 radical (unpaired) electrons. The topological polar surface area (TPSA) is 41.9 Å². The van der Waals surface area contributed by atoms with Crippen LogP contribution in [0.2, 0.25) is 0 Å². The summed E-state index contributed by atoms with van der Waals surface area (Å²) < 4.78 is 100. The fourth-order valence-corrected chi connectivity index (χ4v) is 4.56. The van der Waals surface area contributed by atoms with Gasteiger partial charge in [0, 0.05) is 28.4 Å². The van der Waals surface area contributed by atoms with Crippen LogP contribution in [-0.2, 0) is 11.8 Å². The maximum absolute atomic E-state index is 9.32. The van der Waals surface area contributed by atoms with Gasteiger partial charge in [0.05, 0.1) is 15.3 Å². The number of ether oxygens (including phenoxy) is 2. The SMILES string of the molecule is [2H]OC1([2H])C=C[C@@H]2[C@@]34CCN(C([2H])([2H])[2H])[C@]2([2H])Cc2c([2H])c([2H])c(OC([2H])([2H])[2H])c(c23)OC14. The average molecular weight is 310 g/mol. The Morgan fingerprint density at radius 1 is 1.59 bits per heavy atom. The normalized spacial score (nSPS) is 56.1. The zero-order valence-corrected chi connectivity index (χ0v) is 11.6. The zero-order chi connectivity index (χ0) is 24.4. The molecule has 0 aromatic heterocycles. The molecule has 1 N–H and O–H groups in total. The van der Waals surface area contributed by atoms with Crippen LogP contribution in [0.3, 0.4) is 0 Å². The van der Waals surface area contributed by atoms with Crippen molar-refractivity contribution in [2.75, 3.05) is 20.6 Å². The summed E-state index contributed by atoms with van der Waals surface area (Å²) in [5.74, 6) is -1.40. The van der Waals surface area contributed by atoms with Crippen molar-refractivity contribution in [1.82, 2.24) is 4.90 Å². The van der Waals surface area contributed by atoms with Gasteiger partial charge in [0.25, 0.3) is 0 Å². The molecule has 4 heteroatoms. The van der Waals surface area contributed by atoms with E-state index in [1.165, 1.54) is 12.2 Å². The van der Waals surface area contributed by atoms with E-state index >= 15 is 0 Å². The van der Waals surface area contributed by atoms with Gasteiger partial charge < -0.3 is 19.5 Å². The lowest BCUT2D eigenvalue weighted by atomic mass is 9.53. The fourth-order valence-electron chi connectivity index (χ4n) is 4.56. The summed E-state index contributed by atoms with van der Waals surface area (Å²) in [6.45, 7) is -2.66. The van der Waals surface area contributed by atoms with E-state index in [2.05, 4.69) is 0 Å². The lowest BCUT2D eigenvalue weighted by molar-refractivity contribution is -0.0453. The Hall–Kier alpha value is -1.52. The van der Waals surface area contributed by atoms with Gasteiger partial charge in [0.1, 0.15) is 12.2 Å². The lowest BCUT2D eigenvalue weighted by Gasteiger charge is -2.56. The molecule has 2 aliphatic heterocycles. The molecule has 116 valence electrons. The van der Waals surface area contributed by atoms with Crippen molar-refractivity contribution in [1.29, 1.82) is 1.43 Å². The quantitative estimate of drug-likeness (QED) is 0.841. The molecule has 2 unspecified atom stereocenters. The molecule has 1 aromatic rings. The van der Waals surface area contributed by atoms with Crippen LogP contribution >= 0.6 is 0 Å². The van der Waals surface area contributed by atoms with E-state index in [1.807, 2.05) is 0 Å². The second-order valence-corrected chi connectivity index (χ2v) is 6.21. The van der Waals surface area contributed by atoms with Crippen molar-refractivity contribution < 1.29 is 28.3 Å². The summed E-state index contributed by atoms with van der Waals surface area (Å²) in [7, 11) is -2.94. The van der Waals surface area contributed by atoms with Crippen molar-refractivity contribution in [2.24, 2.45) is 5.92 Å². The highest BCUT2D eigenvalue weighted by atomic mass is 16.5. The first kappa shape index (κ1) is 6.17. The van der Waals surface area contributed by atoms with Crippen molar-refractivity contribution in [3.63, 3.8) is 0 Å². The number of aliphatic hydroxyl groups is 1. The first-order valence-corrected chi connectivity index (χ1v) is 7.24. The van der Waals surface area contributed by atoms with Gasteiger partial charge in [0.15, 0.2) is 11.5 Å². The molecular weight excluding hydrogens is 278 g/mol. The van der Waals surface area contributed by atoms with Crippen molar-refractivity contribution in [3.05, 3.63) is 35.4 Å². The maximum atomic E-state index is 9.32. The van der Waals surface area contributed by atoms with Crippen LogP contribution in [0, 0.1) is 5.92 Å². The summed E-state index contributed by atoms with van der Waals surface area (Å²) in [5, 5.41) is 4.72. The molecule has 4 aliphatic rings. The van der Waals surface area contributed by atoms with Gasteiger partial charge in [-0.15, -0.1) is 0 Å². The summed E-state index contributed by atoms with van der Waals surface area (Å²) in [6.07, 6.45) is -0.646. The maximum Gasteiger partial charge on any atom is 0.211 e. The van der Waals surface area contributed by atoms with Gasteiger partial charge in [-0.25, -0.2) is 0 Å². The Morgan fingerprint density at radius 2 is 2.59 bits per heavy atom. The van der Waals surface area contributed by atoms with Gasteiger partial charge in [-0.3, -0.25) is 0 Å². The standard InChI is InChI=1S/C18H21NO3/c1-19-8-7-18-11-4-5-13(20)17(18)22-16-14(21-2)6-3-10(15(16)18)9-12(11)19/h3-6,11-13,17,20H,7-9H2,1-2H3/t11-,12+,13?,17?,18-/m0/s1/i1D3,2D3,3D,6D,12D,13D,20D. The van der Waals surface area contributed by atoms with Crippen molar-refractivity contribution >= 4 is 0 Å². The number of piperidine rings is 1. The Labute approximate surface area is 145 Å². The molecule has 4 nitrogen and oxygen atoms in total. The van der Waals surface area contributed by atoms with Crippen LogP contribution in [0.25, 0.3) is 0 Å². The third-order valence-corrected chi connectivity index (χ3v) is 5.41. The first-order valence-electron chi connectivity index (χ1n) is 12.6. The van der Waals surface area contributed by atoms with Crippen molar-refractivity contribution in [3.8, 4) is 11.5 Å². The monoisotopic (exact) mass is 310 g/mol. The largest absolute Gasteiger partial charge is 0.493 e. The van der Waals surface area contributed by atoms with Gasteiger partial charge in [-0.1, -0.05) is 18.2 Å². The molecule has 1 spiro atoms. The van der Waals surface area contributed by atoms with E-state index < -0.39 is 55.3 Å². The van der Waals surface area contributed by atoms with Crippen LogP contribution in [0.1, 0.15) is 31.3 Å². The molecule has 22 heavy (non-hydrogen) atoms. The molecule has 5 rings (SSSR count). The number of hydrogen-bond acceptors (Lipinski definition) is 4. The highest BCUT2D eigenvalue weighted by Gasteiger charge is 2.64. The number of likely N-dealkylation sites (tertiary alicyclic amines) is 1. The summed E-state index contributed by atoms with van der Waals surface area (Å²) in [5.41, 5.74) is -0.692. The van der Waals surface area contributed by atoms with Gasteiger partial charge >= 0.3 is 0 Å². The molecule has 0 saturated carbocycles. The highest BCUT2D eigenvalue weighted by molar-refractivity contribution is 5.62. The fraction of sp³-hybridized carbons (Fsp3) is 0.556. The van der Waals surface area contributed by atoms with Gasteiger partial charge in [-0.05, 0) is 38.0 Å². The summed E-state index contributed by atoms with van der Waals surface area (Å²) >= 11 is 0. The molecule has 2 heterocycles. The number of benzene rings is 1. The molecule has 1 aromatic carbocycles. The van der Waals surface area contributed by atoms with E-state index in [4.69, 9.17) is 28.4 Å². The van der Waals surface area contributed by atoms with Crippen LogP contribution in [0.5, 0.6) is 11.5 Å². The second kappa shape index (κ2) is 4.06. The van der Waals surface area contributed by atoms with Crippen LogP contribution in [-0.4, -0.2) is 50.2 Å². The minimum absolute atomic E-state index is 0.0530. The van der Waals surface area contributed by atoms with E-state index in [9.17, 15) is 1.37 Å². The second-order valence-electron chi connectivity index (χ2n) is 6.21. The number of likely N-dealkylation sites (N-methyl/N-ethyl adjacent to an activating group) is 1. The molecule has 1 saturated heterocycles. The van der Waals surface area contributed by atoms with Crippen LogP contribution in [0.4, 0.5) is 0 Å². The summed E-state index contributed by atoms with van der Waals surface area (Å²) in [6, 6.07) is -2.70. The minimum Gasteiger partial charge on any atom is -0.493 e. The van der Waals surface area contributed by atoms with E-state index in [0.29, 0.717) is 5.56 Å². The highest BCUT2D eigenvalue weighted by Crippen LogP contribution is 2.62. The summed E-state index contributed by atoms with van der Waals surface area (Å²) in [4.78, 5) is 1.09.